The second kappa shape index (κ2) is 9.01. The fourth-order valence-corrected chi connectivity index (χ4v) is 3.95. The van der Waals surface area contributed by atoms with Crippen molar-refractivity contribution in [2.24, 2.45) is 4.99 Å². The van der Waals surface area contributed by atoms with Gasteiger partial charge < -0.3 is 9.84 Å². The predicted octanol–water partition coefficient (Wildman–Crippen LogP) is 4.93. The van der Waals surface area contributed by atoms with Gasteiger partial charge in [-0.25, -0.2) is 4.99 Å². The van der Waals surface area contributed by atoms with Gasteiger partial charge in [-0.3, -0.25) is 9.69 Å². The molecule has 5 nitrogen and oxygen atoms in total. The van der Waals surface area contributed by atoms with E-state index in [2.05, 4.69) is 18.5 Å². The fourth-order valence-electron chi connectivity index (χ4n) is 2.96. The molecule has 2 aromatic rings. The van der Waals surface area contributed by atoms with Crippen LogP contribution < -0.4 is 4.74 Å². The third kappa shape index (κ3) is 4.54. The molecule has 0 radical (unpaired) electrons. The van der Waals surface area contributed by atoms with E-state index in [4.69, 9.17) is 4.74 Å². The first kappa shape index (κ1) is 20.7. The summed E-state index contributed by atoms with van der Waals surface area (Å²) < 4.78 is 5.26. The van der Waals surface area contributed by atoms with Gasteiger partial charge in [0.2, 0.25) is 0 Å². The number of methoxy groups -OCH3 is 1. The van der Waals surface area contributed by atoms with Crippen molar-refractivity contribution in [1.29, 1.82) is 0 Å². The summed E-state index contributed by atoms with van der Waals surface area (Å²) >= 11 is 1.33. The van der Waals surface area contributed by atoms with Crippen LogP contribution in [-0.4, -0.2) is 35.2 Å². The molecule has 0 unspecified atom stereocenters. The lowest BCUT2D eigenvalue weighted by Gasteiger charge is -2.09. The van der Waals surface area contributed by atoms with Crippen LogP contribution in [0.4, 0.5) is 5.69 Å². The number of aryl methyl sites for hydroxylation is 1. The normalized spacial score (nSPS) is 16.7. The van der Waals surface area contributed by atoms with Gasteiger partial charge in [-0.1, -0.05) is 25.1 Å². The van der Waals surface area contributed by atoms with Crippen molar-refractivity contribution in [3.63, 3.8) is 0 Å². The van der Waals surface area contributed by atoms with E-state index in [0.717, 1.165) is 17.7 Å². The minimum absolute atomic E-state index is 0.0925. The van der Waals surface area contributed by atoms with Crippen molar-refractivity contribution in [2.45, 2.75) is 19.8 Å². The Hall–Kier alpha value is -2.99. The Kier molecular flexibility index (Phi) is 6.44. The number of rotatable bonds is 6. The number of hydrogen-bond donors (Lipinski definition) is 1. The first-order valence-electron chi connectivity index (χ1n) is 9.32. The number of carbonyl (C=O) groups is 1. The number of hydrogen-bond acceptors (Lipinski definition) is 5. The molecule has 2 aromatic carbocycles. The van der Waals surface area contributed by atoms with Crippen LogP contribution in [0, 0.1) is 0 Å². The molecule has 0 atom stereocenters. The number of aromatic hydroxyl groups is 1. The summed E-state index contributed by atoms with van der Waals surface area (Å²) in [6.45, 7) is 5.83. The van der Waals surface area contributed by atoms with Crippen LogP contribution in [0.5, 0.6) is 11.5 Å². The van der Waals surface area contributed by atoms with Gasteiger partial charge in [0.05, 0.1) is 17.7 Å². The molecule has 29 heavy (non-hydrogen) atoms. The Labute approximate surface area is 175 Å². The standard InChI is InChI=1S/C23H24N2O3S/c1-5-7-17-12-16(13-19(28-4)21(17)26)14-20-22(27)25(3)23(29-20)24-18-10-8-15(6-2)9-11-18/h5,8-14,26H,1,6-7H2,2-4H3/b20-14+,24-23?. The summed E-state index contributed by atoms with van der Waals surface area (Å²) in [5, 5.41) is 10.9. The zero-order valence-electron chi connectivity index (χ0n) is 16.8. The highest BCUT2D eigenvalue weighted by atomic mass is 32.2. The molecule has 0 aromatic heterocycles. The number of aliphatic imine (C=N–C) groups is 1. The Balaban J connectivity index is 1.92. The van der Waals surface area contributed by atoms with Crippen LogP contribution in [-0.2, 0) is 17.6 Å². The molecule has 1 aliphatic heterocycles. The van der Waals surface area contributed by atoms with Crippen LogP contribution in [0.2, 0.25) is 0 Å². The molecule has 0 bridgehead atoms. The van der Waals surface area contributed by atoms with Gasteiger partial charge in [0.1, 0.15) is 0 Å². The second-order valence-corrected chi connectivity index (χ2v) is 7.62. The summed E-state index contributed by atoms with van der Waals surface area (Å²) in [6, 6.07) is 11.5. The molecule has 1 amide bonds. The maximum absolute atomic E-state index is 12.7. The van der Waals surface area contributed by atoms with Gasteiger partial charge in [0.15, 0.2) is 16.7 Å². The summed E-state index contributed by atoms with van der Waals surface area (Å²) in [5.74, 6) is 0.344. The minimum atomic E-state index is -0.115. The minimum Gasteiger partial charge on any atom is -0.504 e. The quantitative estimate of drug-likeness (QED) is 0.544. The Morgan fingerprint density at radius 2 is 2.00 bits per heavy atom. The summed E-state index contributed by atoms with van der Waals surface area (Å²) in [4.78, 5) is 19.4. The van der Waals surface area contributed by atoms with E-state index < -0.39 is 0 Å². The van der Waals surface area contributed by atoms with Crippen molar-refractivity contribution in [2.75, 3.05) is 14.2 Å². The maximum Gasteiger partial charge on any atom is 0.266 e. The molecule has 0 spiro atoms. The fraction of sp³-hybridized carbons (Fsp3) is 0.217. The number of thioether (sulfide) groups is 1. The third-order valence-electron chi connectivity index (χ3n) is 4.63. The number of carbonyl (C=O) groups excluding carboxylic acids is 1. The maximum atomic E-state index is 12.7. The monoisotopic (exact) mass is 408 g/mol. The highest BCUT2D eigenvalue weighted by Crippen LogP contribution is 2.36. The topological polar surface area (TPSA) is 62.1 Å². The van der Waals surface area contributed by atoms with Crippen molar-refractivity contribution in [3.8, 4) is 11.5 Å². The van der Waals surface area contributed by atoms with Gasteiger partial charge in [-0.05, 0) is 66.1 Å². The SMILES string of the molecule is C=CCc1cc(/C=C2/SC(=Nc3ccc(CC)cc3)N(C)C2=O)cc(OC)c1O. The average molecular weight is 409 g/mol. The van der Waals surface area contributed by atoms with Crippen molar-refractivity contribution < 1.29 is 14.6 Å². The largest absolute Gasteiger partial charge is 0.504 e. The first-order valence-corrected chi connectivity index (χ1v) is 10.1. The molecule has 1 heterocycles. The van der Waals surface area contributed by atoms with Crippen LogP contribution >= 0.6 is 11.8 Å². The Morgan fingerprint density at radius 3 is 2.62 bits per heavy atom. The highest BCUT2D eigenvalue weighted by Gasteiger charge is 2.30. The van der Waals surface area contributed by atoms with Crippen LogP contribution in [0.25, 0.3) is 6.08 Å². The number of nitrogens with zero attached hydrogens (tertiary/aromatic N) is 2. The molecule has 0 saturated carbocycles. The lowest BCUT2D eigenvalue weighted by Crippen LogP contribution is -2.23. The summed E-state index contributed by atoms with van der Waals surface area (Å²) in [7, 11) is 3.22. The van der Waals surface area contributed by atoms with Crippen LogP contribution in [0.15, 0.2) is 59.0 Å². The number of likely N-dealkylation sites (N-methyl/N-ethyl adjacent to an activating group) is 1. The molecule has 1 aliphatic rings. The number of phenols is 1. The molecular weight excluding hydrogens is 384 g/mol. The van der Waals surface area contributed by atoms with E-state index in [-0.39, 0.29) is 11.7 Å². The molecule has 150 valence electrons. The smallest absolute Gasteiger partial charge is 0.266 e. The molecule has 6 heteroatoms. The Morgan fingerprint density at radius 1 is 1.28 bits per heavy atom. The lowest BCUT2D eigenvalue weighted by atomic mass is 10.1. The van der Waals surface area contributed by atoms with E-state index in [9.17, 15) is 9.90 Å². The molecule has 3 rings (SSSR count). The Bertz CT molecular complexity index is 994. The first-order chi connectivity index (χ1) is 14.0. The predicted molar refractivity (Wildman–Crippen MR) is 120 cm³/mol. The number of allylic oxidation sites excluding steroid dienone is 1. The van der Waals surface area contributed by atoms with Crippen molar-refractivity contribution in [3.05, 3.63) is 70.6 Å². The van der Waals surface area contributed by atoms with Crippen molar-refractivity contribution >= 4 is 34.6 Å². The zero-order valence-corrected chi connectivity index (χ0v) is 17.6. The number of amidine groups is 1. The van der Waals surface area contributed by atoms with E-state index in [1.807, 2.05) is 30.3 Å². The van der Waals surface area contributed by atoms with Gasteiger partial charge in [0, 0.05) is 12.6 Å². The number of amides is 1. The molecule has 0 aliphatic carbocycles. The molecule has 1 saturated heterocycles. The second-order valence-electron chi connectivity index (χ2n) is 6.61. The van der Waals surface area contributed by atoms with E-state index in [1.165, 1.54) is 24.4 Å². The third-order valence-corrected chi connectivity index (χ3v) is 5.69. The molecule has 1 fully saturated rings. The van der Waals surface area contributed by atoms with Gasteiger partial charge in [0.25, 0.3) is 5.91 Å². The van der Waals surface area contributed by atoms with Gasteiger partial charge in [-0.15, -0.1) is 6.58 Å². The van der Waals surface area contributed by atoms with Crippen molar-refractivity contribution in [1.82, 2.24) is 4.90 Å². The van der Waals surface area contributed by atoms with E-state index in [0.29, 0.717) is 27.8 Å². The number of ether oxygens (including phenoxy) is 1. The van der Waals surface area contributed by atoms with Crippen LogP contribution in [0.1, 0.15) is 23.6 Å². The number of phenolic OH excluding ortho intramolecular Hbond substituents is 1. The van der Waals surface area contributed by atoms with E-state index in [1.54, 1.807) is 30.2 Å². The molecular formula is C23H24N2O3S. The zero-order chi connectivity index (χ0) is 21.0. The van der Waals surface area contributed by atoms with Gasteiger partial charge in [-0.2, -0.15) is 0 Å². The molecule has 1 N–H and O–H groups in total. The lowest BCUT2D eigenvalue weighted by molar-refractivity contribution is -0.121. The average Bonchev–Trinajstić information content (AvgIpc) is 2.98. The number of benzene rings is 2. The summed E-state index contributed by atoms with van der Waals surface area (Å²) in [5.41, 5.74) is 3.52. The highest BCUT2D eigenvalue weighted by molar-refractivity contribution is 8.18. The van der Waals surface area contributed by atoms with E-state index >= 15 is 0 Å². The van der Waals surface area contributed by atoms with Gasteiger partial charge >= 0.3 is 0 Å². The van der Waals surface area contributed by atoms with Crippen LogP contribution in [0.3, 0.4) is 0 Å². The summed E-state index contributed by atoms with van der Waals surface area (Å²) in [6.07, 6.45) is 4.98.